The lowest BCUT2D eigenvalue weighted by Gasteiger charge is -2.06. The predicted molar refractivity (Wildman–Crippen MR) is 85.8 cm³/mol. The summed E-state index contributed by atoms with van der Waals surface area (Å²) in [6, 6.07) is 9.19. The highest BCUT2D eigenvalue weighted by Gasteiger charge is 2.13. The molecule has 0 spiro atoms. The second kappa shape index (κ2) is 6.01. The highest BCUT2D eigenvalue weighted by molar-refractivity contribution is 8.01. The maximum Gasteiger partial charge on any atom is 0.291 e. The van der Waals surface area contributed by atoms with Gasteiger partial charge in [-0.2, -0.15) is 9.78 Å². The quantitative estimate of drug-likeness (QED) is 0.730. The fourth-order valence-corrected chi connectivity index (χ4v) is 3.74. The van der Waals surface area contributed by atoms with E-state index >= 15 is 0 Å². The average Bonchev–Trinajstić information content (AvgIpc) is 2.90. The van der Waals surface area contributed by atoms with Gasteiger partial charge in [0.05, 0.1) is 16.8 Å². The van der Waals surface area contributed by atoms with Gasteiger partial charge in [0.25, 0.3) is 5.56 Å². The number of rotatable bonds is 3. The van der Waals surface area contributed by atoms with Crippen molar-refractivity contribution >= 4 is 34.7 Å². The Hall–Kier alpha value is -1.63. The molecule has 0 aliphatic heterocycles. The lowest BCUT2D eigenvalue weighted by atomic mass is 10.3. The van der Waals surface area contributed by atoms with E-state index in [4.69, 9.17) is 11.6 Å². The molecule has 2 aromatic heterocycles. The van der Waals surface area contributed by atoms with E-state index in [0.717, 1.165) is 10.0 Å². The van der Waals surface area contributed by atoms with Crippen molar-refractivity contribution in [2.45, 2.75) is 16.2 Å². The molecule has 0 amide bonds. The van der Waals surface area contributed by atoms with Gasteiger partial charge in [0.15, 0.2) is 4.34 Å². The van der Waals surface area contributed by atoms with Crippen LogP contribution in [0.15, 0.2) is 55.9 Å². The molecule has 0 radical (unpaired) electrons. The van der Waals surface area contributed by atoms with Crippen LogP contribution in [-0.2, 0) is 0 Å². The van der Waals surface area contributed by atoms with Gasteiger partial charge in [-0.3, -0.25) is 4.79 Å². The van der Waals surface area contributed by atoms with Crippen LogP contribution in [0.2, 0.25) is 5.02 Å². The van der Waals surface area contributed by atoms with Gasteiger partial charge in [-0.15, -0.1) is 11.3 Å². The van der Waals surface area contributed by atoms with E-state index in [2.05, 4.69) is 10.1 Å². The summed E-state index contributed by atoms with van der Waals surface area (Å²) in [6.45, 7) is 1.92. The molecule has 106 valence electrons. The van der Waals surface area contributed by atoms with Crippen LogP contribution in [-0.4, -0.2) is 14.8 Å². The smallest absolute Gasteiger partial charge is 0.266 e. The van der Waals surface area contributed by atoms with Gasteiger partial charge >= 0.3 is 0 Å². The van der Waals surface area contributed by atoms with Gasteiger partial charge in [-0.1, -0.05) is 41.6 Å². The number of para-hydroxylation sites is 1. The standard InChI is InChI=1S/C14H10ClN3OS2/c1-9-8-20-14(17-9)21-11-7-16-18(13(19)12(11)15)10-5-3-2-4-6-10/h2-8H,1H3. The molecule has 0 unspecified atom stereocenters. The summed E-state index contributed by atoms with van der Waals surface area (Å²) in [7, 11) is 0. The highest BCUT2D eigenvalue weighted by Crippen LogP contribution is 2.32. The molecule has 0 saturated carbocycles. The number of aromatic nitrogens is 3. The van der Waals surface area contributed by atoms with Gasteiger partial charge in [0.1, 0.15) is 5.02 Å². The van der Waals surface area contributed by atoms with Crippen molar-refractivity contribution in [3.63, 3.8) is 0 Å². The fourth-order valence-electron chi connectivity index (χ4n) is 1.72. The minimum absolute atomic E-state index is 0.159. The van der Waals surface area contributed by atoms with Crippen LogP contribution >= 0.6 is 34.7 Å². The minimum Gasteiger partial charge on any atom is -0.266 e. The zero-order valence-electron chi connectivity index (χ0n) is 11.0. The van der Waals surface area contributed by atoms with E-state index in [1.165, 1.54) is 27.8 Å². The Bertz CT molecular complexity index is 830. The summed E-state index contributed by atoms with van der Waals surface area (Å²) in [5.74, 6) is 0. The van der Waals surface area contributed by atoms with Crippen molar-refractivity contribution in [1.29, 1.82) is 0 Å². The average molecular weight is 336 g/mol. The summed E-state index contributed by atoms with van der Waals surface area (Å²) in [5.41, 5.74) is 1.30. The van der Waals surface area contributed by atoms with E-state index in [9.17, 15) is 4.79 Å². The third kappa shape index (κ3) is 3.02. The van der Waals surface area contributed by atoms with E-state index < -0.39 is 0 Å². The number of aryl methyl sites for hydroxylation is 1. The van der Waals surface area contributed by atoms with Crippen LogP contribution in [0, 0.1) is 6.92 Å². The van der Waals surface area contributed by atoms with E-state index in [1.54, 1.807) is 6.20 Å². The first-order chi connectivity index (χ1) is 10.1. The van der Waals surface area contributed by atoms with E-state index in [0.29, 0.717) is 10.6 Å². The van der Waals surface area contributed by atoms with Gasteiger partial charge in [0, 0.05) is 11.1 Å². The molecule has 0 N–H and O–H groups in total. The molecule has 0 aliphatic carbocycles. The Kier molecular flexibility index (Phi) is 4.10. The third-order valence-corrected chi connectivity index (χ3v) is 5.25. The molecule has 3 rings (SSSR count). The molecule has 7 heteroatoms. The van der Waals surface area contributed by atoms with Crippen LogP contribution in [0.25, 0.3) is 5.69 Å². The number of benzene rings is 1. The fraction of sp³-hybridized carbons (Fsp3) is 0.0714. The summed E-state index contributed by atoms with van der Waals surface area (Å²) >= 11 is 9.06. The Morgan fingerprint density at radius 1 is 1.29 bits per heavy atom. The van der Waals surface area contributed by atoms with E-state index in [-0.39, 0.29) is 10.6 Å². The number of halogens is 1. The Morgan fingerprint density at radius 3 is 2.71 bits per heavy atom. The number of hydrogen-bond donors (Lipinski definition) is 0. The van der Waals surface area contributed by atoms with Crippen LogP contribution in [0.3, 0.4) is 0 Å². The molecule has 4 nitrogen and oxygen atoms in total. The van der Waals surface area contributed by atoms with Crippen molar-refractivity contribution in [3.05, 3.63) is 63.0 Å². The number of hydrogen-bond acceptors (Lipinski definition) is 5. The van der Waals surface area contributed by atoms with Crippen LogP contribution in [0.1, 0.15) is 5.69 Å². The molecule has 2 heterocycles. The van der Waals surface area contributed by atoms with Crippen LogP contribution < -0.4 is 5.56 Å². The number of nitrogens with zero attached hydrogens (tertiary/aromatic N) is 3. The number of thiazole rings is 1. The second-order valence-corrected chi connectivity index (χ2v) is 6.76. The molecular formula is C14H10ClN3OS2. The Morgan fingerprint density at radius 2 is 2.05 bits per heavy atom. The topological polar surface area (TPSA) is 47.8 Å². The van der Waals surface area contributed by atoms with Crippen LogP contribution in [0.5, 0.6) is 0 Å². The van der Waals surface area contributed by atoms with Crippen molar-refractivity contribution in [2.24, 2.45) is 0 Å². The van der Waals surface area contributed by atoms with Crippen molar-refractivity contribution < 1.29 is 0 Å². The zero-order valence-corrected chi connectivity index (χ0v) is 13.4. The van der Waals surface area contributed by atoms with Gasteiger partial charge in [0.2, 0.25) is 0 Å². The molecule has 1 aromatic carbocycles. The first kappa shape index (κ1) is 14.3. The first-order valence-corrected chi connectivity index (χ1v) is 8.16. The maximum atomic E-state index is 12.3. The van der Waals surface area contributed by atoms with E-state index in [1.807, 2.05) is 42.6 Å². The monoisotopic (exact) mass is 335 g/mol. The molecule has 0 saturated heterocycles. The SMILES string of the molecule is Cc1csc(Sc2cnn(-c3ccccc3)c(=O)c2Cl)n1. The summed E-state index contributed by atoms with van der Waals surface area (Å²) in [5, 5.41) is 6.30. The highest BCUT2D eigenvalue weighted by atomic mass is 35.5. The second-order valence-electron chi connectivity index (χ2n) is 4.23. The van der Waals surface area contributed by atoms with Crippen molar-refractivity contribution in [3.8, 4) is 5.69 Å². The zero-order chi connectivity index (χ0) is 14.8. The van der Waals surface area contributed by atoms with Crippen LogP contribution in [0.4, 0.5) is 0 Å². The third-order valence-electron chi connectivity index (χ3n) is 2.68. The minimum atomic E-state index is -0.332. The molecule has 21 heavy (non-hydrogen) atoms. The summed E-state index contributed by atoms with van der Waals surface area (Å²) in [4.78, 5) is 17.3. The Balaban J connectivity index is 1.99. The lowest BCUT2D eigenvalue weighted by molar-refractivity contribution is 0.791. The molecule has 0 atom stereocenters. The normalized spacial score (nSPS) is 10.8. The van der Waals surface area contributed by atoms with Crippen molar-refractivity contribution in [1.82, 2.24) is 14.8 Å². The Labute approximate surface area is 134 Å². The first-order valence-electron chi connectivity index (χ1n) is 6.08. The summed E-state index contributed by atoms with van der Waals surface area (Å²) < 4.78 is 2.13. The molecule has 0 aliphatic rings. The molecule has 0 bridgehead atoms. The summed E-state index contributed by atoms with van der Waals surface area (Å²) in [6.07, 6.45) is 1.60. The molecule has 3 aromatic rings. The van der Waals surface area contributed by atoms with Crippen molar-refractivity contribution in [2.75, 3.05) is 0 Å². The maximum absolute atomic E-state index is 12.3. The lowest BCUT2D eigenvalue weighted by Crippen LogP contribution is -2.21. The largest absolute Gasteiger partial charge is 0.291 e. The van der Waals surface area contributed by atoms with Gasteiger partial charge in [-0.05, 0) is 19.1 Å². The van der Waals surface area contributed by atoms with Gasteiger partial charge < -0.3 is 0 Å². The predicted octanol–water partition coefficient (Wildman–Crippen LogP) is 3.80. The van der Waals surface area contributed by atoms with Gasteiger partial charge in [-0.25, -0.2) is 4.98 Å². The molecule has 0 fully saturated rings. The molecular weight excluding hydrogens is 326 g/mol.